The minimum absolute atomic E-state index is 0.257. The van der Waals surface area contributed by atoms with E-state index >= 15 is 0 Å². The number of hydrazine groups is 1. The van der Waals surface area contributed by atoms with Crippen LogP contribution in [0.15, 0.2) is 18.2 Å². The molecule has 2 N–H and O–H groups in total. The minimum atomic E-state index is 0.257. The quantitative estimate of drug-likeness (QED) is 0.883. The molecule has 0 spiro atoms. The zero-order valence-corrected chi connectivity index (χ0v) is 11.7. The van der Waals surface area contributed by atoms with Gasteiger partial charge in [0.25, 0.3) is 0 Å². The van der Waals surface area contributed by atoms with Crippen LogP contribution >= 0.6 is 11.6 Å². The molecular weight excluding hydrogens is 248 g/mol. The number of aromatic hydroxyl groups is 1. The fourth-order valence-corrected chi connectivity index (χ4v) is 2.86. The molecule has 2 atom stereocenters. The number of hydrogen-bond donors (Lipinski definition) is 2. The van der Waals surface area contributed by atoms with Crippen molar-refractivity contribution in [3.63, 3.8) is 0 Å². The highest BCUT2D eigenvalue weighted by Gasteiger charge is 2.24. The van der Waals surface area contributed by atoms with Crippen molar-refractivity contribution in [3.05, 3.63) is 28.8 Å². The zero-order chi connectivity index (χ0) is 13.1. The second kappa shape index (κ2) is 5.91. The van der Waals surface area contributed by atoms with Crippen LogP contribution in [0.5, 0.6) is 5.75 Å². The SMILES string of the molecule is CC1CCCC(C)N1NCc1c(O)cccc1Cl. The van der Waals surface area contributed by atoms with Crippen molar-refractivity contribution in [3.8, 4) is 5.75 Å². The molecule has 0 amide bonds. The Morgan fingerprint density at radius 2 is 2.00 bits per heavy atom. The van der Waals surface area contributed by atoms with E-state index in [1.165, 1.54) is 19.3 Å². The lowest BCUT2D eigenvalue weighted by atomic mass is 10.00. The minimum Gasteiger partial charge on any atom is -0.508 e. The molecule has 1 heterocycles. The highest BCUT2D eigenvalue weighted by atomic mass is 35.5. The summed E-state index contributed by atoms with van der Waals surface area (Å²) in [4.78, 5) is 0. The van der Waals surface area contributed by atoms with Gasteiger partial charge < -0.3 is 5.11 Å². The molecule has 1 aliphatic rings. The lowest BCUT2D eigenvalue weighted by molar-refractivity contribution is 0.0433. The van der Waals surface area contributed by atoms with Crippen molar-refractivity contribution in [1.29, 1.82) is 0 Å². The van der Waals surface area contributed by atoms with Crippen molar-refractivity contribution in [1.82, 2.24) is 10.4 Å². The molecule has 0 aromatic heterocycles. The topological polar surface area (TPSA) is 35.5 Å². The van der Waals surface area contributed by atoms with Crippen molar-refractivity contribution in [2.24, 2.45) is 0 Å². The van der Waals surface area contributed by atoms with Gasteiger partial charge in [-0.25, -0.2) is 5.01 Å². The molecule has 3 nitrogen and oxygen atoms in total. The molecule has 18 heavy (non-hydrogen) atoms. The number of nitrogens with one attached hydrogen (secondary N) is 1. The summed E-state index contributed by atoms with van der Waals surface area (Å²) >= 11 is 6.10. The van der Waals surface area contributed by atoms with Gasteiger partial charge in [0.1, 0.15) is 5.75 Å². The van der Waals surface area contributed by atoms with Crippen LogP contribution in [-0.4, -0.2) is 22.2 Å². The second-order valence-corrected chi connectivity index (χ2v) is 5.52. The van der Waals surface area contributed by atoms with Gasteiger partial charge in [-0.1, -0.05) is 24.1 Å². The fraction of sp³-hybridized carbons (Fsp3) is 0.571. The van der Waals surface area contributed by atoms with Crippen molar-refractivity contribution in [2.75, 3.05) is 0 Å². The standard InChI is InChI=1S/C14H21ClN2O/c1-10-5-3-6-11(2)17(10)16-9-12-13(15)7-4-8-14(12)18/h4,7-8,10-11,16,18H,3,5-6,9H2,1-2H3. The fourth-order valence-electron chi connectivity index (χ4n) is 2.63. The Balaban J connectivity index is 2.02. The van der Waals surface area contributed by atoms with E-state index in [0.717, 1.165) is 5.56 Å². The van der Waals surface area contributed by atoms with Crippen LogP contribution < -0.4 is 5.43 Å². The van der Waals surface area contributed by atoms with E-state index in [2.05, 4.69) is 24.3 Å². The van der Waals surface area contributed by atoms with Gasteiger partial charge in [0.05, 0.1) is 0 Å². The highest BCUT2D eigenvalue weighted by molar-refractivity contribution is 6.31. The number of halogens is 1. The first-order valence-corrected chi connectivity index (χ1v) is 6.95. The predicted octanol–water partition coefficient (Wildman–Crippen LogP) is 3.31. The number of hydrogen-bond acceptors (Lipinski definition) is 3. The van der Waals surface area contributed by atoms with E-state index in [-0.39, 0.29) is 5.75 Å². The summed E-state index contributed by atoms with van der Waals surface area (Å²) in [6.07, 6.45) is 3.72. The monoisotopic (exact) mass is 268 g/mol. The molecule has 4 heteroatoms. The third kappa shape index (κ3) is 2.97. The van der Waals surface area contributed by atoms with Gasteiger partial charge in [0, 0.05) is 29.2 Å². The Morgan fingerprint density at radius 3 is 2.61 bits per heavy atom. The van der Waals surface area contributed by atoms with Gasteiger partial charge >= 0.3 is 0 Å². The Kier molecular flexibility index (Phi) is 4.49. The third-order valence-corrected chi connectivity index (χ3v) is 4.08. The zero-order valence-electron chi connectivity index (χ0n) is 11.0. The second-order valence-electron chi connectivity index (χ2n) is 5.11. The maximum Gasteiger partial charge on any atom is 0.121 e. The average molecular weight is 269 g/mol. The molecular formula is C14H21ClN2O. The number of rotatable bonds is 3. The van der Waals surface area contributed by atoms with Crippen LogP contribution in [0.1, 0.15) is 38.7 Å². The molecule has 1 aromatic rings. The van der Waals surface area contributed by atoms with E-state index in [4.69, 9.17) is 11.6 Å². The first-order valence-electron chi connectivity index (χ1n) is 6.57. The summed E-state index contributed by atoms with van der Waals surface area (Å²) in [5.41, 5.74) is 4.18. The number of phenolic OH excluding ortho intramolecular Hbond substituents is 1. The first kappa shape index (κ1) is 13.7. The summed E-state index contributed by atoms with van der Waals surface area (Å²) in [5, 5.41) is 12.7. The van der Waals surface area contributed by atoms with Crippen LogP contribution in [0.2, 0.25) is 5.02 Å². The summed E-state index contributed by atoms with van der Waals surface area (Å²) in [6, 6.07) is 6.29. The maximum atomic E-state index is 9.81. The van der Waals surface area contributed by atoms with E-state index < -0.39 is 0 Å². The maximum absolute atomic E-state index is 9.81. The predicted molar refractivity (Wildman–Crippen MR) is 74.6 cm³/mol. The molecule has 2 unspecified atom stereocenters. The lowest BCUT2D eigenvalue weighted by Gasteiger charge is -2.39. The van der Waals surface area contributed by atoms with Crippen LogP contribution in [0.25, 0.3) is 0 Å². The van der Waals surface area contributed by atoms with E-state index in [1.54, 1.807) is 18.2 Å². The van der Waals surface area contributed by atoms with Crippen LogP contribution in [0, 0.1) is 0 Å². The third-order valence-electron chi connectivity index (χ3n) is 3.73. The van der Waals surface area contributed by atoms with E-state index in [1.807, 2.05) is 0 Å². The number of phenols is 1. The van der Waals surface area contributed by atoms with Crippen molar-refractivity contribution in [2.45, 2.75) is 51.7 Å². The van der Waals surface area contributed by atoms with Crippen LogP contribution in [-0.2, 0) is 6.54 Å². The van der Waals surface area contributed by atoms with Crippen LogP contribution in [0.4, 0.5) is 0 Å². The smallest absolute Gasteiger partial charge is 0.121 e. The van der Waals surface area contributed by atoms with Gasteiger partial charge in [-0.3, -0.25) is 5.43 Å². The van der Waals surface area contributed by atoms with Gasteiger partial charge in [-0.15, -0.1) is 0 Å². The van der Waals surface area contributed by atoms with Gasteiger partial charge in [0.15, 0.2) is 0 Å². The van der Waals surface area contributed by atoms with Gasteiger partial charge in [0.2, 0.25) is 0 Å². The Labute approximate surface area is 114 Å². The molecule has 1 aromatic carbocycles. The molecule has 0 bridgehead atoms. The molecule has 2 rings (SSSR count). The molecule has 100 valence electrons. The summed E-state index contributed by atoms with van der Waals surface area (Å²) in [7, 11) is 0. The normalized spacial score (nSPS) is 25.3. The Morgan fingerprint density at radius 1 is 1.33 bits per heavy atom. The molecule has 0 saturated carbocycles. The number of piperidine rings is 1. The molecule has 0 radical (unpaired) electrons. The molecule has 1 aliphatic heterocycles. The average Bonchev–Trinajstić information content (AvgIpc) is 2.31. The lowest BCUT2D eigenvalue weighted by Crippen LogP contribution is -2.51. The summed E-state index contributed by atoms with van der Waals surface area (Å²) in [6.45, 7) is 5.03. The van der Waals surface area contributed by atoms with E-state index in [9.17, 15) is 5.11 Å². The Bertz CT molecular complexity index is 381. The number of nitrogens with zero attached hydrogens (tertiary/aromatic N) is 1. The Hall–Kier alpha value is -0.770. The molecule has 0 aliphatic carbocycles. The summed E-state index contributed by atoms with van der Waals surface area (Å²) in [5.74, 6) is 0.257. The first-order chi connectivity index (χ1) is 8.59. The highest BCUT2D eigenvalue weighted by Crippen LogP contribution is 2.26. The number of benzene rings is 1. The largest absolute Gasteiger partial charge is 0.508 e. The van der Waals surface area contributed by atoms with Crippen LogP contribution in [0.3, 0.4) is 0 Å². The van der Waals surface area contributed by atoms with Crippen molar-refractivity contribution >= 4 is 11.6 Å². The summed E-state index contributed by atoms with van der Waals surface area (Å²) < 4.78 is 0. The van der Waals surface area contributed by atoms with E-state index in [0.29, 0.717) is 23.7 Å². The molecule has 1 fully saturated rings. The van der Waals surface area contributed by atoms with Crippen molar-refractivity contribution < 1.29 is 5.11 Å². The molecule has 1 saturated heterocycles. The van der Waals surface area contributed by atoms with Gasteiger partial charge in [-0.2, -0.15) is 0 Å². The van der Waals surface area contributed by atoms with Gasteiger partial charge in [-0.05, 0) is 38.8 Å².